The van der Waals surface area contributed by atoms with E-state index in [9.17, 15) is 5.11 Å². The molecule has 2 nitrogen and oxygen atoms in total. The molecular weight excluding hydrogens is 278 g/mol. The highest BCUT2D eigenvalue weighted by atomic mass is 79.9. The minimum absolute atomic E-state index is 0.0901. The molecule has 0 saturated heterocycles. The Morgan fingerprint density at radius 2 is 1.65 bits per heavy atom. The summed E-state index contributed by atoms with van der Waals surface area (Å²) in [4.78, 5) is 0. The predicted molar refractivity (Wildman–Crippen MR) is 76.0 cm³/mol. The van der Waals surface area contributed by atoms with Crippen molar-refractivity contribution in [2.24, 2.45) is 5.41 Å². The summed E-state index contributed by atoms with van der Waals surface area (Å²) in [6.45, 7) is 9.39. The molecule has 1 aromatic carbocycles. The van der Waals surface area contributed by atoms with Gasteiger partial charge in [0.1, 0.15) is 0 Å². The summed E-state index contributed by atoms with van der Waals surface area (Å²) in [7, 11) is 0. The van der Waals surface area contributed by atoms with Gasteiger partial charge in [0.25, 0.3) is 0 Å². The van der Waals surface area contributed by atoms with Gasteiger partial charge in [0.15, 0.2) is 0 Å². The van der Waals surface area contributed by atoms with Crippen LogP contribution in [0.25, 0.3) is 0 Å². The van der Waals surface area contributed by atoms with Gasteiger partial charge in [-0.25, -0.2) is 0 Å². The van der Waals surface area contributed by atoms with Crippen LogP contribution in [0.2, 0.25) is 0 Å². The Morgan fingerprint density at radius 3 is 2.12 bits per heavy atom. The number of rotatable bonds is 5. The van der Waals surface area contributed by atoms with E-state index in [4.69, 9.17) is 0 Å². The van der Waals surface area contributed by atoms with E-state index >= 15 is 0 Å². The minimum atomic E-state index is -0.0906. The molecule has 0 radical (unpaired) electrons. The number of nitrogens with one attached hydrogen (secondary N) is 1. The van der Waals surface area contributed by atoms with Gasteiger partial charge in [0.2, 0.25) is 0 Å². The quantitative estimate of drug-likeness (QED) is 0.874. The van der Waals surface area contributed by atoms with Gasteiger partial charge in [-0.15, -0.1) is 0 Å². The van der Waals surface area contributed by atoms with Gasteiger partial charge in [-0.1, -0.05) is 41.9 Å². The lowest BCUT2D eigenvalue weighted by Gasteiger charge is -2.32. The molecule has 0 heterocycles. The molecule has 0 unspecified atom stereocenters. The number of halogens is 1. The summed E-state index contributed by atoms with van der Waals surface area (Å²) >= 11 is 3.44. The lowest BCUT2D eigenvalue weighted by atomic mass is 9.90. The van der Waals surface area contributed by atoms with Crippen LogP contribution in [0, 0.1) is 5.41 Å². The van der Waals surface area contributed by atoms with Crippen molar-refractivity contribution in [2.75, 3.05) is 13.2 Å². The standard InChI is InChI=1S/C14H22BrNO/c1-13(2,10-17)9-16-14(3,4)11-5-7-12(15)8-6-11/h5-8,16-17H,9-10H2,1-4H3. The monoisotopic (exact) mass is 299 g/mol. The normalized spacial score (nSPS) is 12.8. The largest absolute Gasteiger partial charge is 0.396 e. The first kappa shape index (κ1) is 14.7. The van der Waals surface area contributed by atoms with Crippen LogP contribution in [-0.4, -0.2) is 18.3 Å². The van der Waals surface area contributed by atoms with Crippen LogP contribution in [0.1, 0.15) is 33.3 Å². The van der Waals surface area contributed by atoms with E-state index in [1.54, 1.807) is 0 Å². The van der Waals surface area contributed by atoms with E-state index in [0.29, 0.717) is 0 Å². The highest BCUT2D eigenvalue weighted by molar-refractivity contribution is 9.10. The SMILES string of the molecule is CC(C)(CO)CNC(C)(C)c1ccc(Br)cc1. The fourth-order valence-corrected chi connectivity index (χ4v) is 1.75. The zero-order chi connectivity index (χ0) is 13.1. The summed E-state index contributed by atoms with van der Waals surface area (Å²) < 4.78 is 1.09. The third-order valence-electron chi connectivity index (χ3n) is 3.00. The molecule has 1 rings (SSSR count). The van der Waals surface area contributed by atoms with Gasteiger partial charge in [-0.2, -0.15) is 0 Å². The van der Waals surface area contributed by atoms with Crippen LogP contribution in [0.4, 0.5) is 0 Å². The summed E-state index contributed by atoms with van der Waals surface area (Å²) in [5.74, 6) is 0. The van der Waals surface area contributed by atoms with E-state index < -0.39 is 0 Å². The highest BCUT2D eigenvalue weighted by Gasteiger charge is 2.24. The van der Waals surface area contributed by atoms with Crippen LogP contribution in [0.3, 0.4) is 0 Å². The third-order valence-corrected chi connectivity index (χ3v) is 3.53. The Balaban J connectivity index is 2.71. The first-order valence-electron chi connectivity index (χ1n) is 5.89. The summed E-state index contributed by atoms with van der Waals surface area (Å²) in [5.41, 5.74) is 1.06. The van der Waals surface area contributed by atoms with Crippen LogP contribution in [0.5, 0.6) is 0 Å². The second kappa shape index (κ2) is 5.51. The Morgan fingerprint density at radius 1 is 1.12 bits per heavy atom. The molecule has 0 atom stereocenters. The van der Waals surface area contributed by atoms with Crippen molar-refractivity contribution in [1.82, 2.24) is 5.32 Å². The topological polar surface area (TPSA) is 32.3 Å². The molecule has 1 aromatic rings. The maximum absolute atomic E-state index is 9.25. The van der Waals surface area contributed by atoms with Crippen LogP contribution in [-0.2, 0) is 5.54 Å². The average molecular weight is 300 g/mol. The number of benzene rings is 1. The van der Waals surface area contributed by atoms with E-state index in [-0.39, 0.29) is 17.6 Å². The summed E-state index contributed by atoms with van der Waals surface area (Å²) in [5, 5.41) is 12.8. The molecule has 0 aliphatic rings. The molecule has 2 N–H and O–H groups in total. The second-order valence-corrected chi connectivity index (χ2v) is 6.72. The second-order valence-electron chi connectivity index (χ2n) is 5.81. The maximum atomic E-state index is 9.25. The molecular formula is C14H22BrNO. The van der Waals surface area contributed by atoms with Gasteiger partial charge >= 0.3 is 0 Å². The highest BCUT2D eigenvalue weighted by Crippen LogP contribution is 2.23. The average Bonchev–Trinajstić information content (AvgIpc) is 2.27. The van der Waals surface area contributed by atoms with Crippen molar-refractivity contribution in [3.63, 3.8) is 0 Å². The van der Waals surface area contributed by atoms with Gasteiger partial charge in [-0.05, 0) is 31.5 Å². The summed E-state index contributed by atoms with van der Waals surface area (Å²) in [6, 6.07) is 8.33. The van der Waals surface area contributed by atoms with Gasteiger partial charge in [-0.3, -0.25) is 0 Å². The third kappa shape index (κ3) is 4.41. The lowest BCUT2D eigenvalue weighted by molar-refractivity contribution is 0.146. The molecule has 0 aliphatic carbocycles. The molecule has 0 aliphatic heterocycles. The van der Waals surface area contributed by atoms with Crippen molar-refractivity contribution >= 4 is 15.9 Å². The lowest BCUT2D eigenvalue weighted by Crippen LogP contribution is -2.43. The number of aliphatic hydroxyl groups excluding tert-OH is 1. The van der Waals surface area contributed by atoms with Crippen LogP contribution >= 0.6 is 15.9 Å². The molecule has 3 heteroatoms. The Bertz CT molecular complexity index is 357. The molecule has 96 valence electrons. The van der Waals surface area contributed by atoms with E-state index in [0.717, 1.165) is 11.0 Å². The van der Waals surface area contributed by atoms with Crippen molar-refractivity contribution in [2.45, 2.75) is 33.2 Å². The molecule has 17 heavy (non-hydrogen) atoms. The van der Waals surface area contributed by atoms with E-state index in [2.05, 4.69) is 73.2 Å². The van der Waals surface area contributed by atoms with Gasteiger partial charge in [0, 0.05) is 28.6 Å². The number of aliphatic hydroxyl groups is 1. The molecule has 0 saturated carbocycles. The fourth-order valence-electron chi connectivity index (χ4n) is 1.48. The maximum Gasteiger partial charge on any atom is 0.0494 e. The number of hydrogen-bond acceptors (Lipinski definition) is 2. The van der Waals surface area contributed by atoms with Gasteiger partial charge in [0.05, 0.1) is 0 Å². The predicted octanol–water partition coefficient (Wildman–Crippen LogP) is 3.29. The van der Waals surface area contributed by atoms with Gasteiger partial charge < -0.3 is 10.4 Å². The zero-order valence-corrected chi connectivity index (χ0v) is 12.6. The Labute approximate surface area is 113 Å². The van der Waals surface area contributed by atoms with Crippen LogP contribution < -0.4 is 5.32 Å². The first-order chi connectivity index (χ1) is 7.77. The first-order valence-corrected chi connectivity index (χ1v) is 6.68. The van der Waals surface area contributed by atoms with Crippen molar-refractivity contribution < 1.29 is 5.11 Å². The zero-order valence-electron chi connectivity index (χ0n) is 11.0. The number of hydrogen-bond donors (Lipinski definition) is 2. The summed E-state index contributed by atoms with van der Waals surface area (Å²) in [6.07, 6.45) is 0. The molecule has 0 bridgehead atoms. The molecule has 0 spiro atoms. The Hall–Kier alpha value is -0.380. The smallest absolute Gasteiger partial charge is 0.0494 e. The Kier molecular flexibility index (Phi) is 4.76. The van der Waals surface area contributed by atoms with Crippen molar-refractivity contribution in [1.29, 1.82) is 0 Å². The van der Waals surface area contributed by atoms with Crippen molar-refractivity contribution in [3.05, 3.63) is 34.3 Å². The van der Waals surface area contributed by atoms with E-state index in [1.807, 2.05) is 0 Å². The van der Waals surface area contributed by atoms with Crippen molar-refractivity contribution in [3.8, 4) is 0 Å². The van der Waals surface area contributed by atoms with E-state index in [1.165, 1.54) is 5.56 Å². The molecule has 0 amide bonds. The molecule has 0 fully saturated rings. The minimum Gasteiger partial charge on any atom is -0.396 e. The fraction of sp³-hybridized carbons (Fsp3) is 0.571. The van der Waals surface area contributed by atoms with Crippen LogP contribution in [0.15, 0.2) is 28.7 Å². The molecule has 0 aromatic heterocycles.